The topological polar surface area (TPSA) is 0 Å². The van der Waals surface area contributed by atoms with E-state index in [0.717, 1.165) is 5.56 Å². The second kappa shape index (κ2) is 6.47. The van der Waals surface area contributed by atoms with Crippen molar-refractivity contribution in [3.8, 4) is 0 Å². The normalized spacial score (nSPS) is 7.40. The molecule has 0 aliphatic heterocycles. The number of hydrogen-bond acceptors (Lipinski definition) is 0. The van der Waals surface area contributed by atoms with Gasteiger partial charge in [-0.15, -0.1) is 17.2 Å². The third-order valence-electron chi connectivity index (χ3n) is 0.999. The molecule has 0 spiro atoms. The van der Waals surface area contributed by atoms with Crippen LogP contribution in [0.1, 0.15) is 5.56 Å². The van der Waals surface area contributed by atoms with E-state index in [0.29, 0.717) is 5.02 Å². The Bertz CT molecular complexity index is 170. The number of halogens is 2. The smallest absolute Gasteiger partial charge is 1.00 e. The van der Waals surface area contributed by atoms with Crippen LogP contribution in [0.15, 0.2) is 18.2 Å². The van der Waals surface area contributed by atoms with E-state index in [-0.39, 0.29) is 40.0 Å². The third kappa shape index (κ3) is 3.81. The Kier molecular flexibility index (Phi) is 8.63. The van der Waals surface area contributed by atoms with Crippen LogP contribution >= 0.6 is 11.6 Å². The molecule has 0 aliphatic rings. The van der Waals surface area contributed by atoms with Crippen molar-refractivity contribution in [1.29, 1.82) is 0 Å². The first-order valence-corrected chi connectivity index (χ1v) is 2.81. The quantitative estimate of drug-likeness (QED) is 0.399. The largest absolute Gasteiger partial charge is 2.00 e. The average Bonchev–Trinajstić information content (AvgIpc) is 1.77. The summed E-state index contributed by atoms with van der Waals surface area (Å²) in [5.74, 6) is 0. The SMILES string of the molecule is Cc1ccc[c-]c1Cl.[Br-].[Mg+2]. The summed E-state index contributed by atoms with van der Waals surface area (Å²) >= 11 is 5.65. The number of rotatable bonds is 0. The van der Waals surface area contributed by atoms with Crippen LogP contribution in [0.4, 0.5) is 0 Å². The molecule has 1 aromatic rings. The van der Waals surface area contributed by atoms with Crippen molar-refractivity contribution in [3.05, 3.63) is 34.9 Å². The predicted molar refractivity (Wildman–Crippen MR) is 40.8 cm³/mol. The molecule has 0 aliphatic carbocycles. The van der Waals surface area contributed by atoms with Gasteiger partial charge in [-0.1, -0.05) is 11.9 Å². The van der Waals surface area contributed by atoms with Gasteiger partial charge in [0.1, 0.15) is 0 Å². The maximum Gasteiger partial charge on any atom is 2.00 e. The van der Waals surface area contributed by atoms with Crippen LogP contribution in [-0.2, 0) is 0 Å². The van der Waals surface area contributed by atoms with Crippen molar-refractivity contribution in [2.45, 2.75) is 6.92 Å². The Morgan fingerprint density at radius 3 is 2.40 bits per heavy atom. The minimum absolute atomic E-state index is 0. The first kappa shape index (κ1) is 13.4. The third-order valence-corrected chi connectivity index (χ3v) is 1.41. The van der Waals surface area contributed by atoms with Crippen molar-refractivity contribution in [3.63, 3.8) is 0 Å². The molecule has 10 heavy (non-hydrogen) atoms. The zero-order chi connectivity index (χ0) is 5.98. The van der Waals surface area contributed by atoms with Crippen molar-refractivity contribution in [2.24, 2.45) is 0 Å². The summed E-state index contributed by atoms with van der Waals surface area (Å²) in [6.07, 6.45) is 0. The molecule has 1 rings (SSSR count). The summed E-state index contributed by atoms with van der Waals surface area (Å²) in [6, 6.07) is 8.54. The number of benzene rings is 1. The molecule has 3 heteroatoms. The maximum absolute atomic E-state index is 5.65. The van der Waals surface area contributed by atoms with E-state index in [2.05, 4.69) is 6.07 Å². The van der Waals surface area contributed by atoms with Gasteiger partial charge in [0.2, 0.25) is 0 Å². The van der Waals surface area contributed by atoms with Crippen LogP contribution in [0.5, 0.6) is 0 Å². The minimum Gasteiger partial charge on any atom is -1.00 e. The van der Waals surface area contributed by atoms with Gasteiger partial charge in [0.05, 0.1) is 0 Å². The summed E-state index contributed by atoms with van der Waals surface area (Å²) in [5, 5.41) is 0.715. The summed E-state index contributed by atoms with van der Waals surface area (Å²) in [6.45, 7) is 1.96. The fourth-order valence-electron chi connectivity index (χ4n) is 0.501. The molecule has 0 N–H and O–H groups in total. The van der Waals surface area contributed by atoms with E-state index in [9.17, 15) is 0 Å². The van der Waals surface area contributed by atoms with Gasteiger partial charge >= 0.3 is 23.1 Å². The van der Waals surface area contributed by atoms with Gasteiger partial charge in [-0.3, -0.25) is 0 Å². The molecule has 1 aromatic carbocycles. The maximum atomic E-state index is 5.65. The summed E-state index contributed by atoms with van der Waals surface area (Å²) in [7, 11) is 0. The number of hydrogen-bond donors (Lipinski definition) is 0. The molecule has 0 bridgehead atoms. The molecule has 0 saturated heterocycles. The standard InChI is InChI=1S/C7H6Cl.BrH.Mg/c1-6-4-2-3-5-7(6)8;;/h2-4H,1H3;1H;/q-1;;+2/p-1. The molecule has 0 heterocycles. The van der Waals surface area contributed by atoms with Crippen LogP contribution in [0, 0.1) is 13.0 Å². The second-order valence-corrected chi connectivity index (χ2v) is 2.05. The van der Waals surface area contributed by atoms with Gasteiger partial charge in [0, 0.05) is 0 Å². The van der Waals surface area contributed by atoms with Crippen molar-refractivity contribution < 1.29 is 17.0 Å². The van der Waals surface area contributed by atoms with Crippen LogP contribution in [-0.4, -0.2) is 23.1 Å². The number of aryl methyl sites for hydroxylation is 1. The Morgan fingerprint density at radius 2 is 2.10 bits per heavy atom. The van der Waals surface area contributed by atoms with E-state index in [4.69, 9.17) is 11.6 Å². The molecule has 0 amide bonds. The summed E-state index contributed by atoms with van der Waals surface area (Å²) in [5.41, 5.74) is 1.08. The van der Waals surface area contributed by atoms with E-state index < -0.39 is 0 Å². The Morgan fingerprint density at radius 1 is 1.50 bits per heavy atom. The Balaban J connectivity index is 0. The molecule has 0 radical (unpaired) electrons. The van der Waals surface area contributed by atoms with Gasteiger partial charge in [-0.05, 0) is 0 Å². The van der Waals surface area contributed by atoms with E-state index >= 15 is 0 Å². The van der Waals surface area contributed by atoms with Gasteiger partial charge in [0.25, 0.3) is 0 Å². The van der Waals surface area contributed by atoms with Crippen molar-refractivity contribution >= 4 is 34.7 Å². The van der Waals surface area contributed by atoms with E-state index in [1.54, 1.807) is 6.07 Å². The summed E-state index contributed by atoms with van der Waals surface area (Å²) < 4.78 is 0. The van der Waals surface area contributed by atoms with Crippen molar-refractivity contribution in [1.82, 2.24) is 0 Å². The molecular weight excluding hydrogens is 224 g/mol. The zero-order valence-electron chi connectivity index (χ0n) is 5.70. The monoisotopic (exact) mass is 228 g/mol. The molecular formula is C7H6BrClMg. The fraction of sp³-hybridized carbons (Fsp3) is 0.143. The van der Waals surface area contributed by atoms with Gasteiger partial charge in [-0.25, -0.2) is 0 Å². The van der Waals surface area contributed by atoms with E-state index in [1.165, 1.54) is 0 Å². The van der Waals surface area contributed by atoms with Crippen LogP contribution in [0.2, 0.25) is 5.02 Å². The molecule has 0 aromatic heterocycles. The van der Waals surface area contributed by atoms with Crippen molar-refractivity contribution in [2.75, 3.05) is 0 Å². The molecule has 0 nitrogen and oxygen atoms in total. The average molecular weight is 230 g/mol. The minimum atomic E-state index is 0. The molecule has 50 valence electrons. The molecule has 0 fully saturated rings. The zero-order valence-corrected chi connectivity index (χ0v) is 9.45. The molecule has 0 saturated carbocycles. The second-order valence-electron chi connectivity index (χ2n) is 1.67. The van der Waals surface area contributed by atoms with Crippen LogP contribution in [0.25, 0.3) is 0 Å². The molecule has 0 atom stereocenters. The first-order chi connectivity index (χ1) is 3.80. The molecule has 0 unspecified atom stereocenters. The Hall–Kier alpha value is 0.756. The Labute approximate surface area is 92.9 Å². The summed E-state index contributed by atoms with van der Waals surface area (Å²) in [4.78, 5) is 0. The predicted octanol–water partition coefficient (Wildman–Crippen LogP) is -0.928. The van der Waals surface area contributed by atoms with Gasteiger partial charge < -0.3 is 17.0 Å². The van der Waals surface area contributed by atoms with Gasteiger partial charge in [0.15, 0.2) is 0 Å². The first-order valence-electron chi connectivity index (χ1n) is 2.43. The van der Waals surface area contributed by atoms with Crippen LogP contribution in [0.3, 0.4) is 0 Å². The van der Waals surface area contributed by atoms with E-state index in [1.807, 2.05) is 19.1 Å². The van der Waals surface area contributed by atoms with Crippen LogP contribution < -0.4 is 17.0 Å². The fourth-order valence-corrected chi connectivity index (χ4v) is 0.627. The van der Waals surface area contributed by atoms with Gasteiger partial charge in [-0.2, -0.15) is 24.3 Å².